The molecule has 0 saturated heterocycles. The second kappa shape index (κ2) is 9.60. The predicted octanol–water partition coefficient (Wildman–Crippen LogP) is -2.09. The molecule has 0 fully saturated rings. The van der Waals surface area contributed by atoms with Crippen LogP contribution in [0.4, 0.5) is 5.82 Å². The molecule has 0 aliphatic carbocycles. The van der Waals surface area contributed by atoms with Gasteiger partial charge in [-0.15, -0.1) is 10.2 Å². The third-order valence-electron chi connectivity index (χ3n) is 1.41. The number of rotatable bonds is 6. The smallest absolute Gasteiger partial charge is 0.691 e. The van der Waals surface area contributed by atoms with E-state index in [0.29, 0.717) is 22.9 Å². The average Bonchev–Trinajstić information content (AvgIpc) is 2.28. The van der Waals surface area contributed by atoms with Gasteiger partial charge in [-0.3, -0.25) is 5.04 Å². The molecule has 9 heteroatoms. The molecular formula is C7H9BrN3NaO3S. The first-order valence-electron chi connectivity index (χ1n) is 4.05. The summed E-state index contributed by atoms with van der Waals surface area (Å²) < 4.78 is 4.09. The van der Waals surface area contributed by atoms with Crippen LogP contribution in [0, 0.1) is 0 Å². The maximum Gasteiger partial charge on any atom is 1.00 e. The fourth-order valence-corrected chi connectivity index (χ4v) is 1.24. The van der Waals surface area contributed by atoms with Gasteiger partial charge in [-0.05, 0) is 19.1 Å². The Kier molecular flexibility index (Phi) is 9.96. The third kappa shape index (κ3) is 6.36. The summed E-state index contributed by atoms with van der Waals surface area (Å²) in [5.41, 5.74) is 0. The summed E-state index contributed by atoms with van der Waals surface area (Å²) in [4.78, 5) is 0. The van der Waals surface area contributed by atoms with Crippen LogP contribution < -0.4 is 40.1 Å². The maximum absolute atomic E-state index is 9.55. The van der Waals surface area contributed by atoms with E-state index in [1.807, 2.05) is 6.92 Å². The first kappa shape index (κ1) is 16.6. The molecule has 1 rings (SSSR count). The van der Waals surface area contributed by atoms with Crippen molar-refractivity contribution in [3.8, 4) is 0 Å². The van der Waals surface area contributed by atoms with Gasteiger partial charge in [-0.2, -0.15) is 4.33 Å². The van der Waals surface area contributed by atoms with Crippen molar-refractivity contribution in [1.29, 1.82) is 0 Å². The van der Waals surface area contributed by atoms with Crippen LogP contribution >= 0.6 is 28.0 Å². The molecule has 1 atom stereocenters. The van der Waals surface area contributed by atoms with E-state index in [9.17, 15) is 5.26 Å². The number of hydrogen-bond acceptors (Lipinski definition) is 7. The minimum absolute atomic E-state index is 0. The zero-order chi connectivity index (χ0) is 11.1. The zero-order valence-electron chi connectivity index (χ0n) is 8.84. The van der Waals surface area contributed by atoms with Gasteiger partial charge in [0.1, 0.15) is 10.8 Å². The number of anilines is 1. The van der Waals surface area contributed by atoms with Crippen LogP contribution in [0.1, 0.15) is 6.92 Å². The molecule has 0 amide bonds. The number of nitrogens with one attached hydrogen (secondary N) is 1. The molecule has 6 nitrogen and oxygen atoms in total. The largest absolute Gasteiger partial charge is 1.00 e. The first-order valence-corrected chi connectivity index (χ1v) is 5.92. The molecule has 0 bridgehead atoms. The van der Waals surface area contributed by atoms with E-state index in [0.717, 1.165) is 5.33 Å². The van der Waals surface area contributed by atoms with E-state index < -0.39 is 0 Å². The second-order valence-corrected chi connectivity index (χ2v) is 4.04. The fraction of sp³-hybridized carbons (Fsp3) is 0.429. The monoisotopic (exact) mass is 317 g/mol. The van der Waals surface area contributed by atoms with E-state index in [1.54, 1.807) is 12.1 Å². The van der Waals surface area contributed by atoms with Crippen molar-refractivity contribution < 1.29 is 44.2 Å². The Morgan fingerprint density at radius 3 is 2.81 bits per heavy atom. The molecule has 0 aliphatic rings. The quantitative estimate of drug-likeness (QED) is 0.212. The average molecular weight is 318 g/mol. The number of alkyl halides is 1. The van der Waals surface area contributed by atoms with Crippen LogP contribution in [0.5, 0.6) is 0 Å². The Morgan fingerprint density at radius 2 is 2.31 bits per heavy atom. The molecule has 16 heavy (non-hydrogen) atoms. The molecule has 1 heterocycles. The zero-order valence-corrected chi connectivity index (χ0v) is 13.2. The molecule has 1 N–H and O–H groups in total. The molecule has 84 valence electrons. The van der Waals surface area contributed by atoms with Gasteiger partial charge in [0.2, 0.25) is 0 Å². The molecule has 0 saturated carbocycles. The van der Waals surface area contributed by atoms with Gasteiger partial charge in [-0.25, -0.2) is 0 Å². The van der Waals surface area contributed by atoms with Crippen molar-refractivity contribution in [2.75, 3.05) is 10.6 Å². The number of aromatic nitrogens is 2. The standard InChI is InChI=1S/C7H10BrN3O3S.Na/c1-5(4-8)9-6-2-3-7(11-10-6)15-14-13-12;/h2-3,5,12H,4H2,1H3,(H,9,10);/q;+1/p-1. The summed E-state index contributed by atoms with van der Waals surface area (Å²) >= 11 is 4.04. The SMILES string of the molecule is CC(CBr)Nc1ccc(SOO[O-])nn1.[Na+]. The van der Waals surface area contributed by atoms with E-state index in [4.69, 9.17) is 0 Å². The van der Waals surface area contributed by atoms with E-state index in [-0.39, 0.29) is 35.6 Å². The van der Waals surface area contributed by atoms with Crippen LogP contribution in [-0.4, -0.2) is 21.6 Å². The molecule has 0 aliphatic heterocycles. The number of nitrogens with zero attached hydrogens (tertiary/aromatic N) is 2. The molecular weight excluding hydrogens is 309 g/mol. The Bertz CT molecular complexity index is 293. The van der Waals surface area contributed by atoms with Gasteiger partial charge in [0.15, 0.2) is 0 Å². The van der Waals surface area contributed by atoms with E-state index >= 15 is 0 Å². The molecule has 0 radical (unpaired) electrons. The van der Waals surface area contributed by atoms with Gasteiger partial charge in [0.05, 0.1) is 12.0 Å². The van der Waals surface area contributed by atoms with Crippen molar-refractivity contribution in [3.05, 3.63) is 12.1 Å². The Balaban J connectivity index is 0.00000225. The van der Waals surface area contributed by atoms with Crippen molar-refractivity contribution in [2.24, 2.45) is 0 Å². The van der Waals surface area contributed by atoms with Gasteiger partial charge in [0.25, 0.3) is 0 Å². The van der Waals surface area contributed by atoms with Gasteiger partial charge >= 0.3 is 29.6 Å². The van der Waals surface area contributed by atoms with Crippen molar-refractivity contribution >= 4 is 33.8 Å². The minimum Gasteiger partial charge on any atom is -0.691 e. The molecule has 1 aromatic heterocycles. The van der Waals surface area contributed by atoms with Crippen LogP contribution in [-0.2, 0) is 9.37 Å². The minimum atomic E-state index is 0. The molecule has 0 aromatic carbocycles. The Labute approximate surface area is 128 Å². The van der Waals surface area contributed by atoms with Gasteiger partial charge < -0.3 is 10.6 Å². The first-order chi connectivity index (χ1) is 7.26. The van der Waals surface area contributed by atoms with Crippen molar-refractivity contribution in [2.45, 2.75) is 18.0 Å². The summed E-state index contributed by atoms with van der Waals surface area (Å²) in [5, 5.41) is 24.8. The summed E-state index contributed by atoms with van der Waals surface area (Å²) in [6, 6.07) is 3.67. The Hall–Kier alpha value is 0.590. The summed E-state index contributed by atoms with van der Waals surface area (Å²) in [6.07, 6.45) is 0. The number of halogens is 1. The predicted molar refractivity (Wildman–Crippen MR) is 56.9 cm³/mol. The van der Waals surface area contributed by atoms with Crippen LogP contribution in [0.15, 0.2) is 17.2 Å². The van der Waals surface area contributed by atoms with Crippen LogP contribution in [0.3, 0.4) is 0 Å². The third-order valence-corrected chi connectivity index (χ3v) is 2.90. The van der Waals surface area contributed by atoms with Gasteiger partial charge in [0, 0.05) is 11.4 Å². The molecule has 1 aromatic rings. The second-order valence-electron chi connectivity index (χ2n) is 2.68. The van der Waals surface area contributed by atoms with E-state index in [2.05, 4.69) is 40.8 Å². The normalized spacial score (nSPS) is 11.7. The van der Waals surface area contributed by atoms with Crippen molar-refractivity contribution in [1.82, 2.24) is 10.2 Å². The molecule has 1 unspecified atom stereocenters. The summed E-state index contributed by atoms with van der Waals surface area (Å²) in [6.45, 7) is 2.01. The fourth-order valence-electron chi connectivity index (χ4n) is 0.781. The Morgan fingerprint density at radius 1 is 1.56 bits per heavy atom. The van der Waals surface area contributed by atoms with E-state index in [1.165, 1.54) is 0 Å². The summed E-state index contributed by atoms with van der Waals surface area (Å²) in [5.74, 6) is 0.661. The maximum atomic E-state index is 9.55. The number of hydrogen-bond donors (Lipinski definition) is 1. The van der Waals surface area contributed by atoms with Crippen LogP contribution in [0.2, 0.25) is 0 Å². The van der Waals surface area contributed by atoms with Crippen LogP contribution in [0.25, 0.3) is 0 Å². The van der Waals surface area contributed by atoms with Gasteiger partial charge in [-0.1, -0.05) is 15.9 Å². The van der Waals surface area contributed by atoms with Crippen molar-refractivity contribution in [3.63, 3.8) is 0 Å². The summed E-state index contributed by atoms with van der Waals surface area (Å²) in [7, 11) is 0. The molecule has 0 spiro atoms. The topological polar surface area (TPSA) is 79.3 Å².